The summed E-state index contributed by atoms with van der Waals surface area (Å²) in [7, 11) is 0. The Kier molecular flexibility index (Phi) is 4.00. The van der Waals surface area contributed by atoms with Crippen molar-refractivity contribution in [3.63, 3.8) is 0 Å². The molecule has 3 heteroatoms. The zero-order valence-electron chi connectivity index (χ0n) is 10.7. The normalized spacial score (nSPS) is 17.9. The van der Waals surface area contributed by atoms with Crippen LogP contribution in [0.5, 0.6) is 0 Å². The second kappa shape index (κ2) is 5.51. The van der Waals surface area contributed by atoms with Gasteiger partial charge in [0.2, 0.25) is 0 Å². The van der Waals surface area contributed by atoms with Gasteiger partial charge in [-0.15, -0.1) is 0 Å². The third-order valence-electron chi connectivity index (χ3n) is 4.04. The van der Waals surface area contributed by atoms with Gasteiger partial charge >= 0.3 is 5.97 Å². The van der Waals surface area contributed by atoms with Gasteiger partial charge in [0.05, 0.1) is 5.92 Å². The molecule has 0 aliphatic heterocycles. The Morgan fingerprint density at radius 3 is 2.72 bits per heavy atom. The molecule has 1 aliphatic rings. The van der Waals surface area contributed by atoms with Crippen molar-refractivity contribution in [3.8, 4) is 0 Å². The Morgan fingerprint density at radius 1 is 1.44 bits per heavy atom. The number of hydrogen-bond donors (Lipinski definition) is 1. The third-order valence-corrected chi connectivity index (χ3v) is 4.04. The second-order valence-corrected chi connectivity index (χ2v) is 5.26. The maximum Gasteiger partial charge on any atom is 0.307 e. The van der Waals surface area contributed by atoms with Crippen LogP contribution in [0.1, 0.15) is 36.8 Å². The molecule has 1 atom stereocenters. The van der Waals surface area contributed by atoms with E-state index in [9.17, 15) is 14.3 Å². The fourth-order valence-electron chi connectivity index (χ4n) is 2.91. The average Bonchev–Trinajstić information content (AvgIpc) is 2.83. The summed E-state index contributed by atoms with van der Waals surface area (Å²) in [5, 5.41) is 9.36. The largest absolute Gasteiger partial charge is 0.481 e. The number of aryl methyl sites for hydroxylation is 1. The van der Waals surface area contributed by atoms with Crippen LogP contribution >= 0.6 is 0 Å². The monoisotopic (exact) mass is 250 g/mol. The molecule has 0 radical (unpaired) electrons. The number of aliphatic carboxylic acids is 1. The highest BCUT2D eigenvalue weighted by Gasteiger charge is 2.30. The first kappa shape index (κ1) is 13.1. The molecule has 0 spiro atoms. The zero-order chi connectivity index (χ0) is 13.1. The van der Waals surface area contributed by atoms with Crippen molar-refractivity contribution in [3.05, 3.63) is 35.1 Å². The van der Waals surface area contributed by atoms with E-state index in [0.29, 0.717) is 6.42 Å². The van der Waals surface area contributed by atoms with Gasteiger partial charge in [0.15, 0.2) is 0 Å². The lowest BCUT2D eigenvalue weighted by Gasteiger charge is -2.20. The lowest BCUT2D eigenvalue weighted by Crippen LogP contribution is -2.24. The van der Waals surface area contributed by atoms with E-state index in [1.54, 1.807) is 6.07 Å². The van der Waals surface area contributed by atoms with Crippen LogP contribution < -0.4 is 0 Å². The van der Waals surface area contributed by atoms with Crippen molar-refractivity contribution in [1.82, 2.24) is 0 Å². The van der Waals surface area contributed by atoms with Crippen LogP contribution in [0.4, 0.5) is 4.39 Å². The molecule has 0 heterocycles. The minimum absolute atomic E-state index is 0.255. The summed E-state index contributed by atoms with van der Waals surface area (Å²) in [6, 6.07) is 4.61. The molecule has 1 aromatic rings. The molecule has 0 bridgehead atoms. The summed E-state index contributed by atoms with van der Waals surface area (Å²) in [4.78, 5) is 11.4. The molecule has 1 saturated carbocycles. The Bertz CT molecular complexity index is 436. The number of rotatable bonds is 4. The lowest BCUT2D eigenvalue weighted by molar-refractivity contribution is -0.143. The van der Waals surface area contributed by atoms with Crippen LogP contribution in [0.2, 0.25) is 0 Å². The van der Waals surface area contributed by atoms with Crippen molar-refractivity contribution in [2.75, 3.05) is 0 Å². The first-order valence-corrected chi connectivity index (χ1v) is 6.56. The van der Waals surface area contributed by atoms with Gasteiger partial charge in [-0.3, -0.25) is 4.79 Å². The summed E-state index contributed by atoms with van der Waals surface area (Å²) in [5.41, 5.74) is 1.80. The molecule has 1 N–H and O–H groups in total. The Hall–Kier alpha value is -1.38. The summed E-state index contributed by atoms with van der Waals surface area (Å²) in [6.07, 6.45) is 4.67. The molecule has 0 aromatic heterocycles. The van der Waals surface area contributed by atoms with Gasteiger partial charge in [0.25, 0.3) is 0 Å². The molecule has 2 rings (SSSR count). The average molecular weight is 250 g/mol. The van der Waals surface area contributed by atoms with Gasteiger partial charge in [0, 0.05) is 0 Å². The van der Waals surface area contributed by atoms with Crippen molar-refractivity contribution >= 4 is 5.97 Å². The SMILES string of the molecule is Cc1ccc(F)cc1CC(C(=O)O)C1CCCC1. The highest BCUT2D eigenvalue weighted by atomic mass is 19.1. The van der Waals surface area contributed by atoms with Crippen molar-refractivity contribution in [2.24, 2.45) is 11.8 Å². The Balaban J connectivity index is 2.17. The summed E-state index contributed by atoms with van der Waals surface area (Å²) >= 11 is 0. The fraction of sp³-hybridized carbons (Fsp3) is 0.533. The van der Waals surface area contributed by atoms with Crippen LogP contribution in [0, 0.1) is 24.6 Å². The van der Waals surface area contributed by atoms with E-state index >= 15 is 0 Å². The molecule has 98 valence electrons. The Morgan fingerprint density at radius 2 is 2.11 bits per heavy atom. The predicted octanol–water partition coefficient (Wildman–Crippen LogP) is 3.57. The molecule has 1 aromatic carbocycles. The van der Waals surface area contributed by atoms with Gasteiger partial charge in [-0.25, -0.2) is 4.39 Å². The molecule has 1 unspecified atom stereocenters. The zero-order valence-corrected chi connectivity index (χ0v) is 10.7. The van der Waals surface area contributed by atoms with Crippen LogP contribution in [0.25, 0.3) is 0 Å². The van der Waals surface area contributed by atoms with Crippen molar-refractivity contribution in [2.45, 2.75) is 39.0 Å². The number of hydrogen-bond acceptors (Lipinski definition) is 1. The van der Waals surface area contributed by atoms with Crippen molar-refractivity contribution < 1.29 is 14.3 Å². The minimum atomic E-state index is -0.745. The van der Waals surface area contributed by atoms with E-state index in [-0.39, 0.29) is 17.7 Å². The van der Waals surface area contributed by atoms with E-state index in [0.717, 1.165) is 36.8 Å². The van der Waals surface area contributed by atoms with Gasteiger partial charge in [-0.1, -0.05) is 18.9 Å². The number of halogens is 1. The van der Waals surface area contributed by atoms with E-state index < -0.39 is 5.97 Å². The minimum Gasteiger partial charge on any atom is -0.481 e. The maximum absolute atomic E-state index is 13.2. The van der Waals surface area contributed by atoms with Crippen LogP contribution in [0.3, 0.4) is 0 Å². The van der Waals surface area contributed by atoms with Crippen molar-refractivity contribution in [1.29, 1.82) is 0 Å². The highest BCUT2D eigenvalue weighted by Crippen LogP contribution is 2.34. The van der Waals surface area contributed by atoms with Crippen LogP contribution in [-0.2, 0) is 11.2 Å². The van der Waals surface area contributed by atoms with E-state index in [1.807, 2.05) is 6.92 Å². The first-order chi connectivity index (χ1) is 8.58. The summed E-state index contributed by atoms with van der Waals surface area (Å²) in [5.74, 6) is -1.14. The van der Waals surface area contributed by atoms with Gasteiger partial charge < -0.3 is 5.11 Å². The summed E-state index contributed by atoms with van der Waals surface area (Å²) < 4.78 is 13.2. The molecule has 18 heavy (non-hydrogen) atoms. The highest BCUT2D eigenvalue weighted by molar-refractivity contribution is 5.71. The smallest absolute Gasteiger partial charge is 0.307 e. The number of carboxylic acid groups (broad SMARTS) is 1. The third kappa shape index (κ3) is 2.89. The fourth-order valence-corrected chi connectivity index (χ4v) is 2.91. The number of carbonyl (C=O) groups is 1. The Labute approximate surface area is 107 Å². The molecule has 0 amide bonds. The predicted molar refractivity (Wildman–Crippen MR) is 67.9 cm³/mol. The topological polar surface area (TPSA) is 37.3 Å². The molecular weight excluding hydrogens is 231 g/mol. The molecule has 1 fully saturated rings. The molecule has 2 nitrogen and oxygen atoms in total. The first-order valence-electron chi connectivity index (χ1n) is 6.56. The number of carboxylic acids is 1. The molecule has 0 saturated heterocycles. The number of benzene rings is 1. The molecular formula is C15H19FO2. The van der Waals surface area contributed by atoms with Gasteiger partial charge in [-0.05, 0) is 55.4 Å². The van der Waals surface area contributed by atoms with E-state index in [2.05, 4.69) is 0 Å². The second-order valence-electron chi connectivity index (χ2n) is 5.26. The maximum atomic E-state index is 13.2. The summed E-state index contributed by atoms with van der Waals surface area (Å²) in [6.45, 7) is 1.91. The van der Waals surface area contributed by atoms with Gasteiger partial charge in [-0.2, -0.15) is 0 Å². The quantitative estimate of drug-likeness (QED) is 0.887. The van der Waals surface area contributed by atoms with Crippen LogP contribution in [0.15, 0.2) is 18.2 Å². The lowest BCUT2D eigenvalue weighted by atomic mass is 9.84. The van der Waals surface area contributed by atoms with Gasteiger partial charge in [0.1, 0.15) is 5.82 Å². The standard InChI is InChI=1S/C15H19FO2/c1-10-6-7-13(16)8-12(10)9-14(15(17)18)11-4-2-3-5-11/h6-8,11,14H,2-5,9H2,1H3,(H,17,18). The van der Waals surface area contributed by atoms with E-state index in [4.69, 9.17) is 0 Å². The van der Waals surface area contributed by atoms with Crippen LogP contribution in [-0.4, -0.2) is 11.1 Å². The molecule has 1 aliphatic carbocycles. The van der Waals surface area contributed by atoms with E-state index in [1.165, 1.54) is 12.1 Å².